The Morgan fingerprint density at radius 2 is 2.41 bits per heavy atom. The highest BCUT2D eigenvalue weighted by molar-refractivity contribution is 7.09. The zero-order valence-electron chi connectivity index (χ0n) is 12.8. The fourth-order valence-corrected chi connectivity index (χ4v) is 3.41. The number of carbonyl (C=O) groups excluding carboxylic acids is 1. The van der Waals surface area contributed by atoms with Crippen LogP contribution in [-0.4, -0.2) is 43.8 Å². The van der Waals surface area contributed by atoms with Crippen molar-refractivity contribution in [3.63, 3.8) is 0 Å². The number of rotatable bonds is 3. The van der Waals surface area contributed by atoms with Gasteiger partial charge < -0.3 is 14.8 Å². The van der Waals surface area contributed by atoms with Crippen LogP contribution < -0.4 is 5.32 Å². The van der Waals surface area contributed by atoms with Crippen molar-refractivity contribution in [2.75, 3.05) is 13.1 Å². The van der Waals surface area contributed by atoms with Gasteiger partial charge in [-0.2, -0.15) is 0 Å². The molecule has 2 aromatic heterocycles. The summed E-state index contributed by atoms with van der Waals surface area (Å²) >= 11 is 1.60. The predicted octanol–water partition coefficient (Wildman–Crippen LogP) is 1.67. The normalized spacial score (nSPS) is 18.5. The molecular weight excluding hydrogens is 300 g/mol. The molecule has 7 nitrogen and oxygen atoms in total. The second-order valence-electron chi connectivity index (χ2n) is 5.60. The molecule has 0 aliphatic carbocycles. The average Bonchev–Trinajstić information content (AvgIpc) is 3.13. The van der Waals surface area contributed by atoms with Crippen molar-refractivity contribution >= 4 is 17.4 Å². The molecule has 1 aliphatic rings. The number of urea groups is 1. The largest absolute Gasteiger partial charge is 0.332 e. The van der Waals surface area contributed by atoms with Crippen LogP contribution in [0.1, 0.15) is 35.3 Å². The highest BCUT2D eigenvalue weighted by Crippen LogP contribution is 2.24. The summed E-state index contributed by atoms with van der Waals surface area (Å²) in [5.74, 6) is 1.21. The third kappa shape index (κ3) is 3.27. The molecule has 0 radical (unpaired) electrons. The summed E-state index contributed by atoms with van der Waals surface area (Å²) in [6.07, 6.45) is 3.74. The van der Waals surface area contributed by atoms with Crippen molar-refractivity contribution < 1.29 is 4.79 Å². The molecule has 1 atom stereocenters. The zero-order chi connectivity index (χ0) is 15.5. The highest BCUT2D eigenvalue weighted by atomic mass is 32.1. The van der Waals surface area contributed by atoms with E-state index >= 15 is 0 Å². The Balaban J connectivity index is 1.57. The molecule has 1 aliphatic heterocycles. The Labute approximate surface area is 133 Å². The number of thiazole rings is 1. The van der Waals surface area contributed by atoms with Crippen LogP contribution in [0.25, 0.3) is 0 Å². The summed E-state index contributed by atoms with van der Waals surface area (Å²) < 4.78 is 1.93. The number of aromatic nitrogens is 4. The molecule has 3 heterocycles. The van der Waals surface area contributed by atoms with E-state index in [0.717, 1.165) is 35.9 Å². The van der Waals surface area contributed by atoms with Crippen LogP contribution in [0.2, 0.25) is 0 Å². The van der Waals surface area contributed by atoms with Crippen LogP contribution >= 0.6 is 11.3 Å². The minimum Gasteiger partial charge on any atom is -0.332 e. The Bertz CT molecular complexity index is 651. The Morgan fingerprint density at radius 3 is 3.09 bits per heavy atom. The van der Waals surface area contributed by atoms with E-state index in [-0.39, 0.29) is 11.9 Å². The third-order valence-corrected chi connectivity index (χ3v) is 4.73. The fourth-order valence-electron chi connectivity index (χ4n) is 2.80. The number of hydrogen-bond donors (Lipinski definition) is 1. The quantitative estimate of drug-likeness (QED) is 0.933. The molecule has 8 heteroatoms. The van der Waals surface area contributed by atoms with Crippen LogP contribution in [0.5, 0.6) is 0 Å². The van der Waals surface area contributed by atoms with Gasteiger partial charge >= 0.3 is 6.03 Å². The van der Waals surface area contributed by atoms with E-state index < -0.39 is 0 Å². The molecule has 2 aromatic rings. The van der Waals surface area contributed by atoms with Gasteiger partial charge in [0.1, 0.15) is 12.2 Å². The lowest BCUT2D eigenvalue weighted by Gasteiger charge is -2.32. The van der Waals surface area contributed by atoms with Gasteiger partial charge in [-0.1, -0.05) is 0 Å². The Kier molecular flexibility index (Phi) is 4.37. The summed E-state index contributed by atoms with van der Waals surface area (Å²) in [6, 6.07) is -0.0301. The molecule has 1 fully saturated rings. The number of nitrogens with one attached hydrogen (secondary N) is 1. The second kappa shape index (κ2) is 6.43. The minimum absolute atomic E-state index is 0.0301. The number of aryl methyl sites for hydroxylation is 2. The maximum Gasteiger partial charge on any atom is 0.317 e. The average molecular weight is 320 g/mol. The number of carbonyl (C=O) groups is 1. The molecule has 0 bridgehead atoms. The smallest absolute Gasteiger partial charge is 0.317 e. The minimum atomic E-state index is -0.0301. The number of hydrogen-bond acceptors (Lipinski definition) is 5. The van der Waals surface area contributed by atoms with Crippen LogP contribution in [0, 0.1) is 6.92 Å². The Hall–Kier alpha value is -1.96. The van der Waals surface area contributed by atoms with E-state index in [2.05, 4.69) is 20.5 Å². The van der Waals surface area contributed by atoms with Crippen molar-refractivity contribution in [3.8, 4) is 0 Å². The molecule has 118 valence electrons. The maximum atomic E-state index is 12.3. The van der Waals surface area contributed by atoms with E-state index in [1.165, 1.54) is 0 Å². The van der Waals surface area contributed by atoms with Crippen molar-refractivity contribution in [3.05, 3.63) is 28.2 Å². The van der Waals surface area contributed by atoms with Gasteiger partial charge in [-0.05, 0) is 19.8 Å². The molecule has 1 saturated heterocycles. The van der Waals surface area contributed by atoms with E-state index in [4.69, 9.17) is 0 Å². The van der Waals surface area contributed by atoms with Gasteiger partial charge in [-0.3, -0.25) is 0 Å². The van der Waals surface area contributed by atoms with E-state index in [9.17, 15) is 4.79 Å². The molecule has 0 saturated carbocycles. The molecule has 0 aromatic carbocycles. The van der Waals surface area contributed by atoms with Gasteiger partial charge in [0.2, 0.25) is 0 Å². The second-order valence-corrected chi connectivity index (χ2v) is 6.66. The summed E-state index contributed by atoms with van der Waals surface area (Å²) in [7, 11) is 1.94. The molecule has 2 amide bonds. The van der Waals surface area contributed by atoms with Crippen LogP contribution in [-0.2, 0) is 13.6 Å². The lowest BCUT2D eigenvalue weighted by atomic mass is 9.97. The van der Waals surface area contributed by atoms with E-state index in [0.29, 0.717) is 13.1 Å². The molecule has 0 spiro atoms. The molecule has 22 heavy (non-hydrogen) atoms. The van der Waals surface area contributed by atoms with Crippen LogP contribution in [0.3, 0.4) is 0 Å². The van der Waals surface area contributed by atoms with Crippen molar-refractivity contribution in [2.45, 2.75) is 32.2 Å². The lowest BCUT2D eigenvalue weighted by Crippen LogP contribution is -2.45. The first-order chi connectivity index (χ1) is 10.6. The van der Waals surface area contributed by atoms with Crippen LogP contribution in [0.15, 0.2) is 11.7 Å². The van der Waals surface area contributed by atoms with Crippen LogP contribution in [0.4, 0.5) is 4.79 Å². The standard InChI is InChI=1S/C14H20N6OS/c1-10-17-12(8-22-10)6-15-14(21)20-5-3-4-11(7-20)13-18-16-9-19(13)2/h8-9,11H,3-7H2,1-2H3,(H,15,21). The fraction of sp³-hybridized carbons (Fsp3) is 0.571. The van der Waals surface area contributed by atoms with Gasteiger partial charge in [0.15, 0.2) is 0 Å². The van der Waals surface area contributed by atoms with Crippen molar-refractivity contribution in [1.82, 2.24) is 30.0 Å². The van der Waals surface area contributed by atoms with Gasteiger partial charge in [0.05, 0.1) is 17.2 Å². The van der Waals surface area contributed by atoms with Gasteiger partial charge in [0.25, 0.3) is 0 Å². The number of nitrogens with zero attached hydrogens (tertiary/aromatic N) is 5. The van der Waals surface area contributed by atoms with E-state index in [1.54, 1.807) is 17.7 Å². The lowest BCUT2D eigenvalue weighted by molar-refractivity contribution is 0.177. The van der Waals surface area contributed by atoms with Gasteiger partial charge in [0, 0.05) is 31.4 Å². The molecule has 1 N–H and O–H groups in total. The third-order valence-electron chi connectivity index (χ3n) is 3.91. The SMILES string of the molecule is Cc1nc(CNC(=O)N2CCCC(c3nncn3C)C2)cs1. The zero-order valence-corrected chi connectivity index (χ0v) is 13.6. The summed E-state index contributed by atoms with van der Waals surface area (Å²) in [5.41, 5.74) is 0.915. The first-order valence-electron chi connectivity index (χ1n) is 7.41. The van der Waals surface area contributed by atoms with Crippen molar-refractivity contribution in [2.24, 2.45) is 7.05 Å². The highest BCUT2D eigenvalue weighted by Gasteiger charge is 2.27. The topological polar surface area (TPSA) is 75.9 Å². The van der Waals surface area contributed by atoms with E-state index in [1.807, 2.05) is 28.8 Å². The molecule has 1 unspecified atom stereocenters. The first-order valence-corrected chi connectivity index (χ1v) is 8.29. The summed E-state index contributed by atoms with van der Waals surface area (Å²) in [6.45, 7) is 3.92. The summed E-state index contributed by atoms with van der Waals surface area (Å²) in [4.78, 5) is 18.5. The molecule has 3 rings (SSSR count). The van der Waals surface area contributed by atoms with Gasteiger partial charge in [-0.15, -0.1) is 21.5 Å². The number of piperidine rings is 1. The first kappa shape index (κ1) is 15.0. The predicted molar refractivity (Wildman–Crippen MR) is 83.6 cm³/mol. The molecular formula is C14H20N6OS. The number of likely N-dealkylation sites (tertiary alicyclic amines) is 1. The maximum absolute atomic E-state index is 12.3. The van der Waals surface area contributed by atoms with Crippen molar-refractivity contribution in [1.29, 1.82) is 0 Å². The Morgan fingerprint density at radius 1 is 1.55 bits per heavy atom. The summed E-state index contributed by atoms with van der Waals surface area (Å²) in [5, 5.41) is 14.1. The monoisotopic (exact) mass is 320 g/mol. The van der Waals surface area contributed by atoms with Gasteiger partial charge in [-0.25, -0.2) is 9.78 Å². The number of amides is 2.